The van der Waals surface area contributed by atoms with Gasteiger partial charge < -0.3 is 15.3 Å². The Morgan fingerprint density at radius 2 is 2.33 bits per heavy atom. The van der Waals surface area contributed by atoms with Crippen LogP contribution in [0.5, 0.6) is 0 Å². The Morgan fingerprint density at radius 1 is 1.57 bits per heavy atom. The fourth-order valence-electron chi connectivity index (χ4n) is 2.75. The van der Waals surface area contributed by atoms with E-state index in [1.807, 2.05) is 0 Å². The van der Waals surface area contributed by atoms with E-state index < -0.39 is 12.0 Å². The molecule has 1 saturated heterocycles. The van der Waals surface area contributed by atoms with Crippen molar-refractivity contribution < 1.29 is 14.7 Å². The summed E-state index contributed by atoms with van der Waals surface area (Å²) >= 11 is 0. The number of rotatable bonds is 5. The summed E-state index contributed by atoms with van der Waals surface area (Å²) in [6.45, 7) is 3.53. The molecule has 116 valence electrons. The molecule has 0 spiro atoms. The van der Waals surface area contributed by atoms with Crippen molar-refractivity contribution in [1.29, 1.82) is 0 Å². The lowest BCUT2D eigenvalue weighted by atomic mass is 10.0. The second-order valence-electron chi connectivity index (χ2n) is 5.56. The fraction of sp³-hybridized carbons (Fsp3) is 0.643. The monoisotopic (exact) mass is 294 g/mol. The molecule has 2 amide bonds. The van der Waals surface area contributed by atoms with E-state index in [2.05, 4.69) is 17.3 Å². The number of urea groups is 1. The minimum absolute atomic E-state index is 0.315. The van der Waals surface area contributed by atoms with Gasteiger partial charge in [0.15, 0.2) is 6.04 Å². The number of carboxylic acids is 1. The zero-order chi connectivity index (χ0) is 15.4. The smallest absolute Gasteiger partial charge is 0.331 e. The van der Waals surface area contributed by atoms with Gasteiger partial charge in [0.1, 0.15) is 0 Å². The maximum atomic E-state index is 12.2. The Morgan fingerprint density at radius 3 is 2.90 bits per heavy atom. The van der Waals surface area contributed by atoms with Crippen molar-refractivity contribution in [2.45, 2.75) is 32.2 Å². The standard InChI is InChI=1S/C14H22N4O3/c1-3-4-10-5-6-18(8-10)14(21)16-12(13(19)20)11-7-15-17(2)9-11/h7,9-10,12H,3-6,8H2,1-2H3,(H,16,21)(H,19,20). The maximum Gasteiger partial charge on any atom is 0.331 e. The summed E-state index contributed by atoms with van der Waals surface area (Å²) in [5.41, 5.74) is 0.475. The van der Waals surface area contributed by atoms with Gasteiger partial charge in [-0.2, -0.15) is 5.10 Å². The third-order valence-corrected chi connectivity index (χ3v) is 3.84. The molecule has 2 N–H and O–H groups in total. The van der Waals surface area contributed by atoms with Crippen LogP contribution >= 0.6 is 0 Å². The highest BCUT2D eigenvalue weighted by atomic mass is 16.4. The minimum Gasteiger partial charge on any atom is -0.479 e. The predicted molar refractivity (Wildman–Crippen MR) is 76.7 cm³/mol. The second kappa shape index (κ2) is 6.60. The number of carboxylic acid groups (broad SMARTS) is 1. The van der Waals surface area contributed by atoms with Crippen LogP contribution in [0.2, 0.25) is 0 Å². The highest BCUT2D eigenvalue weighted by Crippen LogP contribution is 2.21. The molecule has 21 heavy (non-hydrogen) atoms. The molecule has 1 aromatic heterocycles. The molecule has 2 heterocycles. The predicted octanol–water partition coefficient (Wildman–Crippen LogP) is 1.38. The number of aromatic nitrogens is 2. The van der Waals surface area contributed by atoms with Crippen LogP contribution in [0.3, 0.4) is 0 Å². The van der Waals surface area contributed by atoms with Gasteiger partial charge in [0, 0.05) is 31.9 Å². The quantitative estimate of drug-likeness (QED) is 0.858. The number of carbonyl (C=O) groups excluding carboxylic acids is 1. The summed E-state index contributed by atoms with van der Waals surface area (Å²) in [5.74, 6) is -0.553. The molecule has 2 atom stereocenters. The Labute approximate surface area is 123 Å². The molecular formula is C14H22N4O3. The molecule has 0 radical (unpaired) electrons. The first-order valence-electron chi connectivity index (χ1n) is 7.28. The van der Waals surface area contributed by atoms with Gasteiger partial charge in [0.2, 0.25) is 0 Å². The Bertz CT molecular complexity index is 514. The Kier molecular flexibility index (Phi) is 4.82. The number of hydrogen-bond donors (Lipinski definition) is 2. The van der Waals surface area contributed by atoms with Crippen LogP contribution in [0.4, 0.5) is 4.79 Å². The number of hydrogen-bond acceptors (Lipinski definition) is 3. The molecule has 0 aromatic carbocycles. The normalized spacial score (nSPS) is 19.5. The molecule has 1 aliphatic rings. The summed E-state index contributed by atoms with van der Waals surface area (Å²) in [6.07, 6.45) is 6.26. The van der Waals surface area contributed by atoms with Gasteiger partial charge in [0.05, 0.1) is 6.20 Å². The van der Waals surface area contributed by atoms with Gasteiger partial charge in [0.25, 0.3) is 0 Å². The number of aliphatic carboxylic acids is 1. The van der Waals surface area contributed by atoms with Gasteiger partial charge >= 0.3 is 12.0 Å². The van der Waals surface area contributed by atoms with Crippen molar-refractivity contribution >= 4 is 12.0 Å². The van der Waals surface area contributed by atoms with E-state index in [0.29, 0.717) is 24.6 Å². The number of carbonyl (C=O) groups is 2. The Balaban J connectivity index is 1.98. The summed E-state index contributed by atoms with van der Waals surface area (Å²) in [5, 5.41) is 15.8. The Hall–Kier alpha value is -2.05. The summed E-state index contributed by atoms with van der Waals surface area (Å²) in [7, 11) is 1.71. The largest absolute Gasteiger partial charge is 0.479 e. The lowest BCUT2D eigenvalue weighted by Gasteiger charge is -2.20. The lowest BCUT2D eigenvalue weighted by Crippen LogP contribution is -2.42. The molecule has 0 bridgehead atoms. The average Bonchev–Trinajstić information content (AvgIpc) is 3.05. The third kappa shape index (κ3) is 3.74. The number of amides is 2. The van der Waals surface area contributed by atoms with Gasteiger partial charge in [-0.1, -0.05) is 13.3 Å². The van der Waals surface area contributed by atoms with E-state index in [-0.39, 0.29) is 6.03 Å². The second-order valence-corrected chi connectivity index (χ2v) is 5.56. The molecule has 1 aliphatic heterocycles. The molecule has 1 fully saturated rings. The zero-order valence-corrected chi connectivity index (χ0v) is 12.5. The van der Waals surface area contributed by atoms with Crippen LogP contribution in [-0.2, 0) is 11.8 Å². The maximum absolute atomic E-state index is 12.2. The summed E-state index contributed by atoms with van der Waals surface area (Å²) in [6, 6.07) is -1.37. The van der Waals surface area contributed by atoms with Crippen LogP contribution in [0, 0.1) is 5.92 Å². The van der Waals surface area contributed by atoms with Crippen LogP contribution in [0.25, 0.3) is 0 Å². The average molecular weight is 294 g/mol. The number of nitrogens with zero attached hydrogens (tertiary/aromatic N) is 3. The van der Waals surface area contributed by atoms with E-state index in [9.17, 15) is 14.7 Å². The van der Waals surface area contributed by atoms with Crippen molar-refractivity contribution in [3.8, 4) is 0 Å². The lowest BCUT2D eigenvalue weighted by molar-refractivity contribution is -0.139. The highest BCUT2D eigenvalue weighted by molar-refractivity contribution is 5.83. The van der Waals surface area contributed by atoms with Crippen LogP contribution < -0.4 is 5.32 Å². The topological polar surface area (TPSA) is 87.5 Å². The van der Waals surface area contributed by atoms with Gasteiger partial charge in [-0.15, -0.1) is 0 Å². The van der Waals surface area contributed by atoms with E-state index in [4.69, 9.17) is 0 Å². The van der Waals surface area contributed by atoms with E-state index >= 15 is 0 Å². The number of aryl methyl sites for hydroxylation is 1. The highest BCUT2D eigenvalue weighted by Gasteiger charge is 2.30. The van der Waals surface area contributed by atoms with Crippen molar-refractivity contribution in [3.63, 3.8) is 0 Å². The number of likely N-dealkylation sites (tertiary alicyclic amines) is 1. The molecule has 7 heteroatoms. The van der Waals surface area contributed by atoms with E-state index in [0.717, 1.165) is 19.3 Å². The summed E-state index contributed by atoms with van der Waals surface area (Å²) in [4.78, 5) is 25.3. The first kappa shape index (κ1) is 15.3. The van der Waals surface area contributed by atoms with Crippen LogP contribution in [-0.4, -0.2) is 44.9 Å². The van der Waals surface area contributed by atoms with Gasteiger partial charge in [-0.25, -0.2) is 9.59 Å². The molecule has 7 nitrogen and oxygen atoms in total. The molecule has 0 aliphatic carbocycles. The third-order valence-electron chi connectivity index (χ3n) is 3.84. The first-order chi connectivity index (χ1) is 10.0. The van der Waals surface area contributed by atoms with Crippen molar-refractivity contribution in [3.05, 3.63) is 18.0 Å². The molecular weight excluding hydrogens is 272 g/mol. The van der Waals surface area contributed by atoms with Gasteiger partial charge in [-0.3, -0.25) is 4.68 Å². The van der Waals surface area contributed by atoms with Crippen molar-refractivity contribution in [2.75, 3.05) is 13.1 Å². The van der Waals surface area contributed by atoms with Crippen molar-refractivity contribution in [2.24, 2.45) is 13.0 Å². The molecule has 2 rings (SSSR count). The first-order valence-corrected chi connectivity index (χ1v) is 7.28. The number of nitrogens with one attached hydrogen (secondary N) is 1. The molecule has 0 saturated carbocycles. The van der Waals surface area contributed by atoms with Crippen LogP contribution in [0.15, 0.2) is 12.4 Å². The van der Waals surface area contributed by atoms with E-state index in [1.165, 1.54) is 10.9 Å². The van der Waals surface area contributed by atoms with Crippen LogP contribution in [0.1, 0.15) is 37.8 Å². The fourth-order valence-corrected chi connectivity index (χ4v) is 2.75. The minimum atomic E-state index is -1.08. The van der Waals surface area contributed by atoms with Gasteiger partial charge in [-0.05, 0) is 18.8 Å². The van der Waals surface area contributed by atoms with E-state index in [1.54, 1.807) is 18.1 Å². The molecule has 1 aromatic rings. The molecule has 2 unspecified atom stereocenters. The zero-order valence-electron chi connectivity index (χ0n) is 12.5. The van der Waals surface area contributed by atoms with Crippen molar-refractivity contribution in [1.82, 2.24) is 20.0 Å². The SMILES string of the molecule is CCCC1CCN(C(=O)NC(C(=O)O)c2cnn(C)c2)C1. The summed E-state index contributed by atoms with van der Waals surface area (Å²) < 4.78 is 1.52.